The summed E-state index contributed by atoms with van der Waals surface area (Å²) >= 11 is 3.55. The molecule has 1 N–H and O–H groups in total. The van der Waals surface area contributed by atoms with Gasteiger partial charge in [0, 0.05) is 0 Å². The van der Waals surface area contributed by atoms with Gasteiger partial charge in [0.1, 0.15) is 5.60 Å². The third-order valence-corrected chi connectivity index (χ3v) is 4.20. The number of hydrogen-bond donors (Lipinski definition) is 1. The van der Waals surface area contributed by atoms with Crippen molar-refractivity contribution < 1.29 is 5.11 Å². The van der Waals surface area contributed by atoms with Crippen molar-refractivity contribution in [2.45, 2.75) is 31.8 Å². The molecular weight excluding hydrogens is 252 g/mol. The molecular formula is C13H15BrO. The summed E-state index contributed by atoms with van der Waals surface area (Å²) in [4.78, 5) is 0. The summed E-state index contributed by atoms with van der Waals surface area (Å²) in [7, 11) is 0. The van der Waals surface area contributed by atoms with E-state index in [1.165, 1.54) is 0 Å². The molecule has 0 aliphatic heterocycles. The maximum absolute atomic E-state index is 10.7. The molecule has 0 spiro atoms. The van der Waals surface area contributed by atoms with E-state index >= 15 is 0 Å². The third kappa shape index (κ3) is 1.88. The van der Waals surface area contributed by atoms with Crippen LogP contribution in [0.25, 0.3) is 0 Å². The SMILES string of the molecule is CC1=C(Br)CCCC1(O)c1ccccc1. The van der Waals surface area contributed by atoms with E-state index in [1.54, 1.807) is 0 Å². The Labute approximate surface area is 99.0 Å². The minimum absolute atomic E-state index is 0.766. The lowest BCUT2D eigenvalue weighted by Gasteiger charge is -2.34. The molecule has 0 aromatic heterocycles. The second-order valence-electron chi connectivity index (χ2n) is 4.11. The smallest absolute Gasteiger partial charge is 0.111 e. The Morgan fingerprint density at radius 2 is 1.93 bits per heavy atom. The van der Waals surface area contributed by atoms with Crippen LogP contribution in [0.4, 0.5) is 0 Å². The predicted octanol–water partition coefficient (Wildman–Crippen LogP) is 3.73. The van der Waals surface area contributed by atoms with Gasteiger partial charge < -0.3 is 5.11 Å². The lowest BCUT2D eigenvalue weighted by molar-refractivity contribution is 0.0585. The quantitative estimate of drug-likeness (QED) is 0.822. The molecule has 0 radical (unpaired) electrons. The number of hydrogen-bond acceptors (Lipinski definition) is 1. The molecule has 0 bridgehead atoms. The first kappa shape index (κ1) is 10.9. The van der Waals surface area contributed by atoms with Crippen molar-refractivity contribution >= 4 is 15.9 Å². The predicted molar refractivity (Wildman–Crippen MR) is 65.8 cm³/mol. The molecule has 1 aromatic rings. The fourth-order valence-corrected chi connectivity index (χ4v) is 2.78. The summed E-state index contributed by atoms with van der Waals surface area (Å²) in [5, 5.41) is 10.7. The van der Waals surface area contributed by atoms with Crippen LogP contribution in [0.15, 0.2) is 40.4 Å². The minimum Gasteiger partial charge on any atom is -0.381 e. The van der Waals surface area contributed by atoms with Crippen molar-refractivity contribution in [2.24, 2.45) is 0 Å². The summed E-state index contributed by atoms with van der Waals surface area (Å²) in [6.45, 7) is 2.01. The molecule has 0 saturated heterocycles. The number of benzene rings is 1. The van der Waals surface area contributed by atoms with Gasteiger partial charge in [-0.25, -0.2) is 0 Å². The highest BCUT2D eigenvalue weighted by molar-refractivity contribution is 9.11. The van der Waals surface area contributed by atoms with E-state index in [1.807, 2.05) is 37.3 Å². The zero-order valence-corrected chi connectivity index (χ0v) is 10.4. The van der Waals surface area contributed by atoms with Gasteiger partial charge >= 0.3 is 0 Å². The van der Waals surface area contributed by atoms with Crippen LogP contribution >= 0.6 is 15.9 Å². The molecule has 0 heterocycles. The zero-order valence-electron chi connectivity index (χ0n) is 8.83. The molecule has 2 rings (SSSR count). The molecule has 15 heavy (non-hydrogen) atoms. The lowest BCUT2D eigenvalue weighted by atomic mass is 9.79. The molecule has 1 atom stereocenters. The molecule has 1 aromatic carbocycles. The average Bonchev–Trinajstić information content (AvgIpc) is 2.27. The molecule has 1 unspecified atom stereocenters. The molecule has 2 heteroatoms. The molecule has 1 aliphatic carbocycles. The van der Waals surface area contributed by atoms with Crippen LogP contribution in [-0.4, -0.2) is 5.11 Å². The summed E-state index contributed by atoms with van der Waals surface area (Å²) < 4.78 is 1.15. The van der Waals surface area contributed by atoms with E-state index in [4.69, 9.17) is 0 Å². The van der Waals surface area contributed by atoms with Crippen molar-refractivity contribution in [1.82, 2.24) is 0 Å². The van der Waals surface area contributed by atoms with Crippen LogP contribution in [0.3, 0.4) is 0 Å². The number of allylic oxidation sites excluding steroid dienone is 1. The number of halogens is 1. The highest BCUT2D eigenvalue weighted by atomic mass is 79.9. The Bertz CT molecular complexity index is 383. The first-order valence-corrected chi connectivity index (χ1v) is 6.07. The minimum atomic E-state index is -0.766. The van der Waals surface area contributed by atoms with Crippen LogP contribution in [-0.2, 0) is 5.60 Å². The van der Waals surface area contributed by atoms with Crippen LogP contribution in [0.1, 0.15) is 31.7 Å². The first-order valence-electron chi connectivity index (χ1n) is 5.28. The molecule has 0 amide bonds. The topological polar surface area (TPSA) is 20.2 Å². The third-order valence-electron chi connectivity index (χ3n) is 3.21. The fraction of sp³-hybridized carbons (Fsp3) is 0.385. The maximum atomic E-state index is 10.7. The highest BCUT2D eigenvalue weighted by Gasteiger charge is 2.34. The van der Waals surface area contributed by atoms with E-state index in [0.29, 0.717) is 0 Å². The van der Waals surface area contributed by atoms with Crippen molar-refractivity contribution in [1.29, 1.82) is 0 Å². The van der Waals surface area contributed by atoms with Crippen LogP contribution in [0, 0.1) is 0 Å². The van der Waals surface area contributed by atoms with Gasteiger partial charge in [0.05, 0.1) is 0 Å². The number of rotatable bonds is 1. The van der Waals surface area contributed by atoms with Gasteiger partial charge in [-0.2, -0.15) is 0 Å². The van der Waals surface area contributed by atoms with Gasteiger partial charge in [0.15, 0.2) is 0 Å². The van der Waals surface area contributed by atoms with Crippen molar-refractivity contribution in [2.75, 3.05) is 0 Å². The van der Waals surface area contributed by atoms with E-state index < -0.39 is 5.60 Å². The summed E-state index contributed by atoms with van der Waals surface area (Å²) in [6, 6.07) is 9.92. The number of aliphatic hydroxyl groups is 1. The second-order valence-corrected chi connectivity index (χ2v) is 5.07. The Hall–Kier alpha value is -0.600. The normalized spacial score (nSPS) is 26.9. The molecule has 80 valence electrons. The Morgan fingerprint density at radius 1 is 1.27 bits per heavy atom. The van der Waals surface area contributed by atoms with Gasteiger partial charge in [-0.05, 0) is 41.8 Å². The van der Waals surface area contributed by atoms with Crippen LogP contribution in [0.2, 0.25) is 0 Å². The standard InChI is InChI=1S/C13H15BrO/c1-10-12(14)8-5-9-13(10,15)11-6-3-2-4-7-11/h2-4,6-7,15H,5,8-9H2,1H3. The van der Waals surface area contributed by atoms with Gasteiger partial charge in [-0.1, -0.05) is 46.3 Å². The van der Waals surface area contributed by atoms with Gasteiger partial charge in [-0.15, -0.1) is 0 Å². The van der Waals surface area contributed by atoms with Gasteiger partial charge in [0.25, 0.3) is 0 Å². The van der Waals surface area contributed by atoms with Crippen molar-refractivity contribution in [3.63, 3.8) is 0 Å². The van der Waals surface area contributed by atoms with Gasteiger partial charge in [-0.3, -0.25) is 0 Å². The van der Waals surface area contributed by atoms with Crippen molar-refractivity contribution in [3.05, 3.63) is 46.0 Å². The van der Waals surface area contributed by atoms with E-state index in [9.17, 15) is 5.11 Å². The van der Waals surface area contributed by atoms with E-state index in [-0.39, 0.29) is 0 Å². The maximum Gasteiger partial charge on any atom is 0.111 e. The van der Waals surface area contributed by atoms with Crippen LogP contribution in [0.5, 0.6) is 0 Å². The van der Waals surface area contributed by atoms with E-state index in [2.05, 4.69) is 15.9 Å². The van der Waals surface area contributed by atoms with Crippen LogP contribution < -0.4 is 0 Å². The highest BCUT2D eigenvalue weighted by Crippen LogP contribution is 2.42. The molecule has 1 aliphatic rings. The van der Waals surface area contributed by atoms with Gasteiger partial charge in [0.2, 0.25) is 0 Å². The Kier molecular flexibility index (Phi) is 2.98. The molecule has 1 nitrogen and oxygen atoms in total. The second kappa shape index (κ2) is 4.11. The molecule has 0 fully saturated rings. The lowest BCUT2D eigenvalue weighted by Crippen LogP contribution is -2.30. The average molecular weight is 267 g/mol. The monoisotopic (exact) mass is 266 g/mol. The fourth-order valence-electron chi connectivity index (χ4n) is 2.17. The largest absolute Gasteiger partial charge is 0.381 e. The summed E-state index contributed by atoms with van der Waals surface area (Å²) in [5.74, 6) is 0. The Morgan fingerprint density at radius 3 is 2.60 bits per heavy atom. The van der Waals surface area contributed by atoms with Crippen molar-refractivity contribution in [3.8, 4) is 0 Å². The summed E-state index contributed by atoms with van der Waals surface area (Å²) in [6.07, 6.45) is 2.89. The Balaban J connectivity index is 2.47. The zero-order chi connectivity index (χ0) is 10.9. The first-order chi connectivity index (χ1) is 7.14. The van der Waals surface area contributed by atoms with E-state index in [0.717, 1.165) is 34.9 Å². The summed E-state index contributed by atoms with van der Waals surface area (Å²) in [5.41, 5.74) is 1.29. The molecule has 0 saturated carbocycles.